The number of rotatable bonds is 8. The molecule has 1 heterocycles. The van der Waals surface area contributed by atoms with E-state index >= 15 is 0 Å². The number of nitrogens with zero attached hydrogens (tertiary/aromatic N) is 2. The molecule has 0 spiro atoms. The molecular formula is C14H19N3O2S. The van der Waals surface area contributed by atoms with Gasteiger partial charge in [-0.2, -0.15) is 0 Å². The van der Waals surface area contributed by atoms with Crippen LogP contribution >= 0.6 is 11.8 Å². The molecule has 0 radical (unpaired) electrons. The second kappa shape index (κ2) is 7.91. The van der Waals surface area contributed by atoms with E-state index in [2.05, 4.69) is 22.3 Å². The lowest BCUT2D eigenvalue weighted by molar-refractivity contribution is 0.200. The Morgan fingerprint density at radius 2 is 2.15 bits per heavy atom. The highest BCUT2D eigenvalue weighted by molar-refractivity contribution is 7.99. The van der Waals surface area contributed by atoms with Crippen LogP contribution in [0.15, 0.2) is 40.3 Å². The summed E-state index contributed by atoms with van der Waals surface area (Å²) in [5.41, 5.74) is 1.08. The first-order valence-corrected chi connectivity index (χ1v) is 7.60. The van der Waals surface area contributed by atoms with Crippen LogP contribution in [0.4, 0.5) is 0 Å². The Morgan fingerprint density at radius 3 is 2.90 bits per heavy atom. The number of hydrogen-bond acceptors (Lipinski definition) is 4. The maximum atomic E-state index is 11.8. The first-order valence-electron chi connectivity index (χ1n) is 6.62. The van der Waals surface area contributed by atoms with Crippen molar-refractivity contribution in [1.82, 2.24) is 14.8 Å². The van der Waals surface area contributed by atoms with E-state index in [9.17, 15) is 4.79 Å². The number of aromatic nitrogens is 3. The second-order valence-corrected chi connectivity index (χ2v) is 5.46. The van der Waals surface area contributed by atoms with Gasteiger partial charge in [0, 0.05) is 26.0 Å². The van der Waals surface area contributed by atoms with Crippen LogP contribution in [0.2, 0.25) is 0 Å². The number of thioether (sulfide) groups is 1. The Balaban J connectivity index is 1.93. The highest BCUT2D eigenvalue weighted by atomic mass is 32.2. The molecule has 0 atom stereocenters. The maximum Gasteiger partial charge on any atom is 0.343 e. The summed E-state index contributed by atoms with van der Waals surface area (Å²) < 4.78 is 6.71. The zero-order chi connectivity index (χ0) is 14.2. The molecule has 0 aliphatic carbocycles. The fourth-order valence-corrected chi connectivity index (χ4v) is 2.75. The summed E-state index contributed by atoms with van der Waals surface area (Å²) in [6, 6.07) is 10.1. The summed E-state index contributed by atoms with van der Waals surface area (Å²) in [7, 11) is 1.69. The van der Waals surface area contributed by atoms with Crippen LogP contribution in [0.25, 0.3) is 0 Å². The molecule has 2 aromatic rings. The Kier molecular flexibility index (Phi) is 5.88. The summed E-state index contributed by atoms with van der Waals surface area (Å²) in [6.45, 7) is 1.37. The third-order valence-electron chi connectivity index (χ3n) is 2.91. The molecular weight excluding hydrogens is 274 g/mol. The van der Waals surface area contributed by atoms with Crippen molar-refractivity contribution in [2.75, 3.05) is 19.5 Å². The van der Waals surface area contributed by atoms with Crippen LogP contribution in [0.1, 0.15) is 12.0 Å². The molecule has 5 nitrogen and oxygen atoms in total. The first kappa shape index (κ1) is 14.9. The number of ether oxygens (including phenoxy) is 1. The summed E-state index contributed by atoms with van der Waals surface area (Å²) in [5, 5.41) is 7.34. The zero-order valence-electron chi connectivity index (χ0n) is 11.5. The van der Waals surface area contributed by atoms with E-state index in [0.29, 0.717) is 6.54 Å². The first-order chi connectivity index (χ1) is 9.81. The minimum atomic E-state index is -0.143. The summed E-state index contributed by atoms with van der Waals surface area (Å²) in [6.07, 6.45) is 1.77. The number of hydrogen-bond donors (Lipinski definition) is 1. The average Bonchev–Trinajstić information content (AvgIpc) is 2.83. The minimum Gasteiger partial charge on any atom is -0.385 e. The zero-order valence-corrected chi connectivity index (χ0v) is 12.4. The molecule has 0 amide bonds. The Bertz CT molecular complexity index is 565. The van der Waals surface area contributed by atoms with Crippen molar-refractivity contribution in [3.63, 3.8) is 0 Å². The van der Waals surface area contributed by atoms with E-state index in [1.54, 1.807) is 23.4 Å². The summed E-state index contributed by atoms with van der Waals surface area (Å²) in [5.74, 6) is 0.892. The predicted octanol–water partition coefficient (Wildman–Crippen LogP) is 1.94. The smallest absolute Gasteiger partial charge is 0.343 e. The fourth-order valence-electron chi connectivity index (χ4n) is 1.86. The Labute approximate surface area is 122 Å². The number of aromatic amines is 1. The van der Waals surface area contributed by atoms with E-state index in [-0.39, 0.29) is 5.69 Å². The molecule has 0 unspecified atom stereocenters. The fraction of sp³-hybridized carbons (Fsp3) is 0.429. The third kappa shape index (κ3) is 4.25. The summed E-state index contributed by atoms with van der Waals surface area (Å²) >= 11 is 1.58. The molecule has 108 valence electrons. The van der Waals surface area contributed by atoms with Crippen molar-refractivity contribution >= 4 is 11.8 Å². The van der Waals surface area contributed by atoms with E-state index in [1.807, 2.05) is 18.2 Å². The number of methoxy groups -OCH3 is 1. The van der Waals surface area contributed by atoms with Crippen LogP contribution in [0.3, 0.4) is 0 Å². The lowest BCUT2D eigenvalue weighted by Crippen LogP contribution is -2.19. The third-order valence-corrected chi connectivity index (χ3v) is 3.98. The van der Waals surface area contributed by atoms with Crippen LogP contribution in [0, 0.1) is 0 Å². The molecule has 1 aromatic heterocycles. The number of nitrogens with one attached hydrogen (secondary N) is 1. The van der Waals surface area contributed by atoms with Crippen molar-refractivity contribution in [1.29, 1.82) is 0 Å². The second-order valence-electron chi connectivity index (χ2n) is 4.39. The Hall–Kier alpha value is -1.53. The summed E-state index contributed by atoms with van der Waals surface area (Å²) in [4.78, 5) is 11.8. The van der Waals surface area contributed by atoms with Gasteiger partial charge in [-0.05, 0) is 18.4 Å². The van der Waals surface area contributed by atoms with Crippen molar-refractivity contribution in [3.05, 3.63) is 46.4 Å². The predicted molar refractivity (Wildman–Crippen MR) is 80.2 cm³/mol. The maximum absolute atomic E-state index is 11.8. The van der Waals surface area contributed by atoms with Gasteiger partial charge >= 0.3 is 5.69 Å². The lowest BCUT2D eigenvalue weighted by atomic mass is 10.1. The van der Waals surface area contributed by atoms with Gasteiger partial charge in [0.15, 0.2) is 5.16 Å². The van der Waals surface area contributed by atoms with E-state index in [4.69, 9.17) is 4.74 Å². The van der Waals surface area contributed by atoms with Gasteiger partial charge in [-0.1, -0.05) is 42.1 Å². The van der Waals surface area contributed by atoms with E-state index in [1.165, 1.54) is 5.56 Å². The average molecular weight is 293 g/mol. The molecule has 0 aliphatic heterocycles. The topological polar surface area (TPSA) is 59.9 Å². The van der Waals surface area contributed by atoms with Crippen LogP contribution in [0.5, 0.6) is 0 Å². The van der Waals surface area contributed by atoms with Crippen LogP contribution < -0.4 is 5.69 Å². The molecule has 0 bridgehead atoms. The van der Waals surface area contributed by atoms with Crippen molar-refractivity contribution in [2.45, 2.75) is 24.5 Å². The van der Waals surface area contributed by atoms with Gasteiger partial charge in [-0.15, -0.1) is 5.10 Å². The SMILES string of the molecule is COCCCSc1n[nH]c(=O)n1CCc1ccccc1. The van der Waals surface area contributed by atoms with Crippen molar-refractivity contribution < 1.29 is 4.74 Å². The number of aryl methyl sites for hydroxylation is 1. The number of benzene rings is 1. The van der Waals surface area contributed by atoms with Gasteiger partial charge in [0.05, 0.1) is 0 Å². The standard InChI is InChI=1S/C14H19N3O2S/c1-19-10-5-11-20-14-16-15-13(18)17(14)9-8-12-6-3-2-4-7-12/h2-4,6-7H,5,8-11H2,1H3,(H,15,18). The van der Waals surface area contributed by atoms with Gasteiger partial charge in [-0.3, -0.25) is 4.57 Å². The molecule has 0 saturated heterocycles. The number of H-pyrrole nitrogens is 1. The van der Waals surface area contributed by atoms with E-state index < -0.39 is 0 Å². The van der Waals surface area contributed by atoms with E-state index in [0.717, 1.165) is 30.4 Å². The normalized spacial score (nSPS) is 10.8. The van der Waals surface area contributed by atoms with Crippen LogP contribution in [-0.2, 0) is 17.7 Å². The van der Waals surface area contributed by atoms with Gasteiger partial charge in [0.1, 0.15) is 0 Å². The molecule has 6 heteroatoms. The molecule has 1 aromatic carbocycles. The van der Waals surface area contributed by atoms with Gasteiger partial charge in [0.25, 0.3) is 0 Å². The molecule has 0 saturated carbocycles. The largest absolute Gasteiger partial charge is 0.385 e. The lowest BCUT2D eigenvalue weighted by Gasteiger charge is -2.05. The highest BCUT2D eigenvalue weighted by Crippen LogP contribution is 2.14. The van der Waals surface area contributed by atoms with Crippen LogP contribution in [-0.4, -0.2) is 34.2 Å². The molecule has 20 heavy (non-hydrogen) atoms. The van der Waals surface area contributed by atoms with Gasteiger partial charge < -0.3 is 4.74 Å². The molecule has 0 aliphatic rings. The van der Waals surface area contributed by atoms with Gasteiger partial charge in [0.2, 0.25) is 0 Å². The van der Waals surface area contributed by atoms with Crippen molar-refractivity contribution in [2.24, 2.45) is 0 Å². The Morgan fingerprint density at radius 1 is 1.35 bits per heavy atom. The monoisotopic (exact) mass is 293 g/mol. The molecule has 1 N–H and O–H groups in total. The van der Waals surface area contributed by atoms with Crippen molar-refractivity contribution in [3.8, 4) is 0 Å². The minimum absolute atomic E-state index is 0.143. The van der Waals surface area contributed by atoms with Gasteiger partial charge in [-0.25, -0.2) is 9.89 Å². The molecule has 0 fully saturated rings. The highest BCUT2D eigenvalue weighted by Gasteiger charge is 2.08. The molecule has 2 rings (SSSR count). The quantitative estimate of drug-likeness (QED) is 0.597.